The predicted molar refractivity (Wildman–Crippen MR) is 144 cm³/mol. The van der Waals surface area contributed by atoms with Crippen molar-refractivity contribution in [2.24, 2.45) is 0 Å². The van der Waals surface area contributed by atoms with E-state index in [-0.39, 0.29) is 30.4 Å². The summed E-state index contributed by atoms with van der Waals surface area (Å²) in [6, 6.07) is 20.9. The number of fused-ring (bicyclic) bond motifs is 3. The predicted octanol–water partition coefficient (Wildman–Crippen LogP) is 4.64. The largest absolute Gasteiger partial charge is 0.345 e. The quantitative estimate of drug-likeness (QED) is 0.425. The number of hydrogen-bond acceptors (Lipinski definition) is 3. The Kier molecular flexibility index (Phi) is 6.11. The Morgan fingerprint density at radius 3 is 2.64 bits per heavy atom. The molecule has 8 nitrogen and oxygen atoms in total. The van der Waals surface area contributed by atoms with E-state index in [2.05, 4.69) is 15.2 Å². The van der Waals surface area contributed by atoms with Crippen molar-refractivity contribution in [3.8, 4) is 0 Å². The van der Waals surface area contributed by atoms with E-state index in [1.165, 1.54) is 18.2 Å². The normalized spacial score (nSPS) is 14.1. The lowest BCUT2D eigenvalue weighted by Crippen LogP contribution is -2.47. The smallest absolute Gasteiger partial charge is 0.322 e. The molecule has 0 saturated heterocycles. The van der Waals surface area contributed by atoms with Gasteiger partial charge in [0.05, 0.1) is 12.2 Å². The fourth-order valence-electron chi connectivity index (χ4n) is 5.14. The molecule has 2 aliphatic rings. The van der Waals surface area contributed by atoms with Crippen LogP contribution in [0.2, 0.25) is 0 Å². The highest BCUT2D eigenvalue weighted by molar-refractivity contribution is 6.07. The van der Waals surface area contributed by atoms with E-state index in [1.807, 2.05) is 55.6 Å². The van der Waals surface area contributed by atoms with Crippen LogP contribution in [-0.2, 0) is 24.4 Å². The molecule has 195 valence electrons. The third kappa shape index (κ3) is 4.52. The minimum Gasteiger partial charge on any atom is -0.345 e. The molecule has 0 aliphatic carbocycles. The standard InChI is InChI=1S/C30H25FN5O3/c1-19-14-20(29(38)35-17-23-7-5-13-34(23)16-22-6-2-3-10-26(22)35)11-12-21(19)15-32-30(39)36-18-27(37)33-25-9-4-8-24(31)28(25)36/h2-14H,15-18H2,1H3,(H,32,39). The van der Waals surface area contributed by atoms with Gasteiger partial charge in [-0.15, -0.1) is 0 Å². The van der Waals surface area contributed by atoms with Crippen LogP contribution in [0.3, 0.4) is 0 Å². The minimum atomic E-state index is -0.625. The Hall–Kier alpha value is -4.92. The third-order valence-electron chi connectivity index (χ3n) is 7.15. The summed E-state index contributed by atoms with van der Waals surface area (Å²) in [5, 5.41) is 6.60. The maximum atomic E-state index is 14.5. The molecule has 9 heteroatoms. The van der Waals surface area contributed by atoms with Gasteiger partial charge in [0.1, 0.15) is 18.0 Å². The highest BCUT2D eigenvalue weighted by atomic mass is 19.1. The summed E-state index contributed by atoms with van der Waals surface area (Å²) < 4.78 is 16.6. The zero-order chi connectivity index (χ0) is 27.1. The van der Waals surface area contributed by atoms with Crippen molar-refractivity contribution in [1.82, 2.24) is 15.2 Å². The Balaban J connectivity index is 1.20. The van der Waals surface area contributed by atoms with Gasteiger partial charge in [-0.2, -0.15) is 0 Å². The van der Waals surface area contributed by atoms with E-state index in [9.17, 15) is 18.8 Å². The Bertz CT molecular complexity index is 1630. The van der Waals surface area contributed by atoms with Gasteiger partial charge in [-0.05, 0) is 66.1 Å². The van der Waals surface area contributed by atoms with E-state index in [0.717, 1.165) is 33.0 Å². The number of rotatable bonds is 3. The molecule has 3 heterocycles. The lowest BCUT2D eigenvalue weighted by Gasteiger charge is -2.28. The molecule has 4 amide bonds. The molecule has 0 spiro atoms. The van der Waals surface area contributed by atoms with Crippen LogP contribution in [0.15, 0.2) is 79.0 Å². The zero-order valence-corrected chi connectivity index (χ0v) is 21.2. The number of urea groups is 1. The van der Waals surface area contributed by atoms with E-state index in [0.29, 0.717) is 18.7 Å². The van der Waals surface area contributed by atoms with Crippen LogP contribution < -0.4 is 20.4 Å². The lowest BCUT2D eigenvalue weighted by atomic mass is 10.0. The van der Waals surface area contributed by atoms with E-state index in [1.54, 1.807) is 17.0 Å². The number of hydrogen-bond donors (Lipinski definition) is 1. The summed E-state index contributed by atoms with van der Waals surface area (Å²) in [7, 11) is 0. The maximum Gasteiger partial charge on any atom is 0.322 e. The third-order valence-corrected chi connectivity index (χ3v) is 7.15. The molecular weight excluding hydrogens is 497 g/mol. The molecular formula is C30H25FN5O3. The highest BCUT2D eigenvalue weighted by Crippen LogP contribution is 2.33. The number of carbonyl (C=O) groups excluding carboxylic acids is 3. The molecule has 39 heavy (non-hydrogen) atoms. The van der Waals surface area contributed by atoms with Crippen molar-refractivity contribution in [3.63, 3.8) is 0 Å². The molecule has 0 saturated carbocycles. The number of anilines is 2. The summed E-state index contributed by atoms with van der Waals surface area (Å²) in [5.74, 6) is -1.26. The van der Waals surface area contributed by atoms with Crippen molar-refractivity contribution < 1.29 is 18.8 Å². The van der Waals surface area contributed by atoms with Gasteiger partial charge in [-0.25, -0.2) is 14.5 Å². The Morgan fingerprint density at radius 2 is 1.79 bits per heavy atom. The van der Waals surface area contributed by atoms with Crippen LogP contribution >= 0.6 is 0 Å². The van der Waals surface area contributed by atoms with Gasteiger partial charge in [-0.1, -0.05) is 30.3 Å². The summed E-state index contributed by atoms with van der Waals surface area (Å²) >= 11 is 0. The number of carbonyl (C=O) groups is 3. The first-order valence-corrected chi connectivity index (χ1v) is 12.6. The van der Waals surface area contributed by atoms with Crippen molar-refractivity contribution in [2.45, 2.75) is 26.6 Å². The van der Waals surface area contributed by atoms with E-state index in [4.69, 9.17) is 0 Å². The van der Waals surface area contributed by atoms with E-state index < -0.39 is 17.8 Å². The van der Waals surface area contributed by atoms with Crippen molar-refractivity contribution >= 4 is 34.9 Å². The molecule has 1 N–H and O–H groups in total. The highest BCUT2D eigenvalue weighted by Gasteiger charge is 2.31. The first kappa shape index (κ1) is 24.4. The average Bonchev–Trinajstić information content (AvgIpc) is 3.30. The summed E-state index contributed by atoms with van der Waals surface area (Å²) in [5.41, 5.74) is 5.28. The molecule has 1 radical (unpaired) electrons. The second-order valence-corrected chi connectivity index (χ2v) is 9.65. The first-order valence-electron chi connectivity index (χ1n) is 12.6. The molecule has 2 aliphatic heterocycles. The molecule has 4 aromatic rings. The Labute approximate surface area is 224 Å². The van der Waals surface area contributed by atoms with Crippen LogP contribution in [0.25, 0.3) is 0 Å². The molecule has 3 aromatic carbocycles. The molecule has 0 atom stereocenters. The molecule has 0 bridgehead atoms. The summed E-state index contributed by atoms with van der Waals surface area (Å²) in [4.78, 5) is 41.6. The minimum absolute atomic E-state index is 0.0175. The summed E-state index contributed by atoms with van der Waals surface area (Å²) in [6.07, 6.45) is 2.02. The fourth-order valence-corrected chi connectivity index (χ4v) is 5.14. The number of aryl methyl sites for hydroxylation is 1. The molecule has 1 aromatic heterocycles. The van der Waals surface area contributed by atoms with Crippen molar-refractivity contribution in [2.75, 3.05) is 16.3 Å². The lowest BCUT2D eigenvalue weighted by molar-refractivity contribution is -0.119. The topological polar surface area (TPSA) is 88.8 Å². The van der Waals surface area contributed by atoms with Crippen molar-refractivity contribution in [3.05, 3.63) is 113 Å². The van der Waals surface area contributed by atoms with Gasteiger partial charge in [-0.3, -0.25) is 14.5 Å². The van der Waals surface area contributed by atoms with E-state index >= 15 is 0 Å². The SMILES string of the molecule is Cc1cc(C(=O)N2Cc3cccn3Cc3ccccc32)ccc1CNC(=O)N1CC(=O)[N]c2cccc(F)c21. The molecule has 6 rings (SSSR count). The van der Waals surface area contributed by atoms with Gasteiger partial charge in [0.25, 0.3) is 11.8 Å². The fraction of sp³-hybridized carbons (Fsp3) is 0.167. The first-order chi connectivity index (χ1) is 18.9. The van der Waals surface area contributed by atoms with Crippen LogP contribution in [0.5, 0.6) is 0 Å². The van der Waals surface area contributed by atoms with Crippen LogP contribution in [-0.4, -0.2) is 29.0 Å². The monoisotopic (exact) mass is 522 g/mol. The zero-order valence-electron chi connectivity index (χ0n) is 21.2. The number of amides is 4. The second kappa shape index (κ2) is 9.75. The van der Waals surface area contributed by atoms with Crippen LogP contribution in [0, 0.1) is 12.7 Å². The Morgan fingerprint density at radius 1 is 0.949 bits per heavy atom. The molecule has 0 fully saturated rings. The number of nitrogens with one attached hydrogen (secondary N) is 1. The van der Waals surface area contributed by atoms with Crippen LogP contribution in [0.4, 0.5) is 26.2 Å². The van der Waals surface area contributed by atoms with Gasteiger partial charge in [0.2, 0.25) is 0 Å². The summed E-state index contributed by atoms with van der Waals surface area (Å²) in [6.45, 7) is 2.83. The number of aromatic nitrogens is 1. The number of halogens is 1. The number of nitrogens with zero attached hydrogens (tertiary/aromatic N) is 4. The maximum absolute atomic E-state index is 14.5. The van der Waals surface area contributed by atoms with Gasteiger partial charge < -0.3 is 14.8 Å². The number of benzene rings is 3. The van der Waals surface area contributed by atoms with Gasteiger partial charge in [0, 0.05) is 36.2 Å². The average molecular weight is 523 g/mol. The van der Waals surface area contributed by atoms with Gasteiger partial charge >= 0.3 is 6.03 Å². The molecule has 0 unspecified atom stereocenters. The second-order valence-electron chi connectivity index (χ2n) is 9.65. The number of para-hydroxylation sites is 2. The van der Waals surface area contributed by atoms with Gasteiger partial charge in [0.15, 0.2) is 0 Å². The van der Waals surface area contributed by atoms with Crippen LogP contribution in [0.1, 0.15) is 32.7 Å². The van der Waals surface area contributed by atoms with Crippen molar-refractivity contribution in [1.29, 1.82) is 0 Å².